The zero-order valence-electron chi connectivity index (χ0n) is 34.0. The number of benzene rings is 9. The second-order valence-electron chi connectivity index (χ2n) is 15.8. The Morgan fingerprint density at radius 2 is 0.645 bits per heavy atom. The van der Waals surface area contributed by atoms with Gasteiger partial charge in [0.15, 0.2) is 0 Å². The molecule has 0 aliphatic carbocycles. The van der Waals surface area contributed by atoms with Gasteiger partial charge in [-0.2, -0.15) is 0 Å². The summed E-state index contributed by atoms with van der Waals surface area (Å²) in [5.74, 6) is 0. The number of rotatable bonds is 8. The maximum Gasteiger partial charge on any atom is 0.0722 e. The van der Waals surface area contributed by atoms with Gasteiger partial charge in [-0.05, 0) is 115 Å². The molecule has 0 aliphatic heterocycles. The molecular weight excluding hydrogens is 749 g/mol. The van der Waals surface area contributed by atoms with Crippen LogP contribution in [-0.4, -0.2) is 9.97 Å². The maximum atomic E-state index is 5.37. The minimum atomic E-state index is 0.925. The van der Waals surface area contributed by atoms with E-state index in [1.807, 2.05) is 0 Å². The van der Waals surface area contributed by atoms with E-state index in [1.165, 1.54) is 38.6 Å². The van der Waals surface area contributed by atoms with E-state index in [0.717, 1.165) is 72.5 Å². The Labute approximate surface area is 362 Å². The molecule has 0 unspecified atom stereocenters. The van der Waals surface area contributed by atoms with Gasteiger partial charge < -0.3 is 0 Å². The van der Waals surface area contributed by atoms with Gasteiger partial charge in [0.25, 0.3) is 0 Å². The predicted octanol–water partition coefficient (Wildman–Crippen LogP) is 16.1. The molecule has 11 aromatic rings. The average Bonchev–Trinajstić information content (AvgIpc) is 3.36. The van der Waals surface area contributed by atoms with E-state index in [4.69, 9.17) is 9.97 Å². The zero-order chi connectivity index (χ0) is 41.2. The molecule has 2 nitrogen and oxygen atoms in total. The summed E-state index contributed by atoms with van der Waals surface area (Å²) in [5, 5.41) is 3.53. The monoisotopic (exact) mass is 788 g/mol. The topological polar surface area (TPSA) is 25.8 Å². The molecule has 2 aromatic heterocycles. The molecule has 0 saturated heterocycles. The number of hydrogen-bond acceptors (Lipinski definition) is 2. The molecular formula is C60H40N2. The molecule has 0 aliphatic rings. The normalized spacial score (nSPS) is 11.2. The Hall–Kier alpha value is -8.20. The van der Waals surface area contributed by atoms with Crippen molar-refractivity contribution >= 4 is 21.7 Å². The van der Waals surface area contributed by atoms with Crippen LogP contribution in [0, 0.1) is 0 Å². The van der Waals surface area contributed by atoms with Gasteiger partial charge in [0.05, 0.1) is 22.6 Å². The number of nitrogens with zero attached hydrogens (tertiary/aromatic N) is 2. The van der Waals surface area contributed by atoms with Gasteiger partial charge in [0, 0.05) is 22.1 Å². The van der Waals surface area contributed by atoms with Crippen LogP contribution in [0.4, 0.5) is 0 Å². The third-order valence-electron chi connectivity index (χ3n) is 11.8. The molecule has 2 heteroatoms. The minimum Gasteiger partial charge on any atom is -0.248 e. The summed E-state index contributed by atoms with van der Waals surface area (Å²) in [6.07, 6.45) is 0. The van der Waals surface area contributed by atoms with Crippen LogP contribution in [-0.2, 0) is 0 Å². The third-order valence-corrected chi connectivity index (χ3v) is 11.8. The molecule has 0 spiro atoms. The first-order valence-electron chi connectivity index (χ1n) is 21.1. The van der Waals surface area contributed by atoms with Crippen molar-refractivity contribution in [3.05, 3.63) is 243 Å². The van der Waals surface area contributed by atoms with Crippen molar-refractivity contribution in [2.75, 3.05) is 0 Å². The highest BCUT2D eigenvalue weighted by Gasteiger charge is 2.17. The molecule has 2 heterocycles. The molecule has 0 radical (unpaired) electrons. The highest BCUT2D eigenvalue weighted by molar-refractivity contribution is 6.17. The third kappa shape index (κ3) is 7.14. The van der Waals surface area contributed by atoms with Crippen LogP contribution in [0.5, 0.6) is 0 Å². The Morgan fingerprint density at radius 3 is 1.24 bits per heavy atom. The Morgan fingerprint density at radius 1 is 0.210 bits per heavy atom. The van der Waals surface area contributed by atoms with Gasteiger partial charge in [0.2, 0.25) is 0 Å². The lowest BCUT2D eigenvalue weighted by Gasteiger charge is -2.16. The van der Waals surface area contributed by atoms with Crippen molar-refractivity contribution < 1.29 is 0 Å². The summed E-state index contributed by atoms with van der Waals surface area (Å²) in [6.45, 7) is 0. The first-order valence-corrected chi connectivity index (χ1v) is 21.1. The zero-order valence-corrected chi connectivity index (χ0v) is 34.0. The lowest BCUT2D eigenvalue weighted by Crippen LogP contribution is -1.93. The van der Waals surface area contributed by atoms with Crippen LogP contribution < -0.4 is 0 Å². The van der Waals surface area contributed by atoms with Gasteiger partial charge in [0.1, 0.15) is 0 Å². The predicted molar refractivity (Wildman–Crippen MR) is 261 cm³/mol. The Balaban J connectivity index is 1.07. The lowest BCUT2D eigenvalue weighted by molar-refractivity contribution is 1.32. The van der Waals surface area contributed by atoms with Gasteiger partial charge in [-0.15, -0.1) is 0 Å². The summed E-state index contributed by atoms with van der Waals surface area (Å²) in [7, 11) is 0. The molecule has 290 valence electrons. The minimum absolute atomic E-state index is 0.925. The second kappa shape index (κ2) is 16.1. The van der Waals surface area contributed by atoms with E-state index < -0.39 is 0 Å². The van der Waals surface area contributed by atoms with E-state index in [1.54, 1.807) is 0 Å². The number of hydrogen-bond donors (Lipinski definition) is 0. The van der Waals surface area contributed by atoms with Crippen molar-refractivity contribution in [3.63, 3.8) is 0 Å². The van der Waals surface area contributed by atoms with Gasteiger partial charge >= 0.3 is 0 Å². The van der Waals surface area contributed by atoms with Crippen molar-refractivity contribution in [2.24, 2.45) is 0 Å². The smallest absolute Gasteiger partial charge is 0.0722 e. The Kier molecular flexibility index (Phi) is 9.57. The van der Waals surface area contributed by atoms with Crippen LogP contribution >= 0.6 is 0 Å². The van der Waals surface area contributed by atoms with Gasteiger partial charge in [-0.3, -0.25) is 0 Å². The fourth-order valence-electron chi connectivity index (χ4n) is 8.79. The first kappa shape index (κ1) is 36.8. The lowest BCUT2D eigenvalue weighted by atomic mass is 9.90. The van der Waals surface area contributed by atoms with E-state index in [2.05, 4.69) is 243 Å². The molecule has 62 heavy (non-hydrogen) atoms. The molecule has 11 rings (SSSR count). The maximum absolute atomic E-state index is 5.37. The van der Waals surface area contributed by atoms with Crippen molar-refractivity contribution in [2.45, 2.75) is 0 Å². The van der Waals surface area contributed by atoms with Crippen molar-refractivity contribution in [1.29, 1.82) is 0 Å². The highest BCUT2D eigenvalue weighted by Crippen LogP contribution is 2.41. The number of aromatic nitrogens is 2. The molecule has 0 amide bonds. The van der Waals surface area contributed by atoms with E-state index >= 15 is 0 Å². The van der Waals surface area contributed by atoms with E-state index in [0.29, 0.717) is 0 Å². The molecule has 0 saturated carbocycles. The van der Waals surface area contributed by atoms with E-state index in [-0.39, 0.29) is 0 Å². The molecule has 0 bridgehead atoms. The number of fused-ring (bicyclic) bond motifs is 3. The van der Waals surface area contributed by atoms with Gasteiger partial charge in [-0.1, -0.05) is 194 Å². The molecule has 9 aromatic carbocycles. The fourth-order valence-corrected chi connectivity index (χ4v) is 8.79. The number of pyridine rings is 2. The van der Waals surface area contributed by atoms with Crippen LogP contribution in [0.1, 0.15) is 0 Å². The summed E-state index contributed by atoms with van der Waals surface area (Å²) >= 11 is 0. The summed E-state index contributed by atoms with van der Waals surface area (Å²) in [4.78, 5) is 10.6. The summed E-state index contributed by atoms with van der Waals surface area (Å²) < 4.78 is 0. The average molecular weight is 789 g/mol. The molecule has 0 atom stereocenters. The quantitative estimate of drug-likeness (QED) is 0.143. The molecule has 0 N–H and O–H groups in total. The fraction of sp³-hybridized carbons (Fsp3) is 0. The highest BCUT2D eigenvalue weighted by atomic mass is 14.7. The van der Waals surface area contributed by atoms with Crippen LogP contribution in [0.2, 0.25) is 0 Å². The molecule has 0 fully saturated rings. The first-order chi connectivity index (χ1) is 30.7. The summed E-state index contributed by atoms with van der Waals surface area (Å²) in [6, 6.07) is 86.6. The SMILES string of the molecule is c1ccc(-c2cc(-c3ccccc3)cc(-c3cc(-c4cccc(-c5cccc6c5ccc5nc(-c7ccccc7)cc(-c7ccccc7)c56)c4)cc(-c4ccccc4)n3)c2)cc1. The van der Waals surface area contributed by atoms with Crippen molar-refractivity contribution in [3.8, 4) is 89.4 Å². The summed E-state index contributed by atoms with van der Waals surface area (Å²) in [5.41, 5.74) is 18.6. The van der Waals surface area contributed by atoms with Crippen LogP contribution in [0.25, 0.3) is 111 Å². The van der Waals surface area contributed by atoms with Crippen molar-refractivity contribution in [1.82, 2.24) is 9.97 Å². The van der Waals surface area contributed by atoms with Gasteiger partial charge in [-0.25, -0.2) is 9.97 Å². The van der Waals surface area contributed by atoms with E-state index in [9.17, 15) is 0 Å². The standard InChI is InChI=1S/C60H40N2/c1-6-18-41(19-7-1)48-35-49(42-20-8-2-9-21-42)37-51(36-48)58-39-50(38-57(62-58)44-24-12-4-13-25-44)46-28-16-29-47(34-46)52-30-17-31-54-53(52)32-33-56-60(54)55(43-22-10-3-11-23-43)40-59(61-56)45-26-14-5-15-27-45/h1-40H. The van der Waals surface area contributed by atoms with Crippen LogP contribution in [0.15, 0.2) is 243 Å². The van der Waals surface area contributed by atoms with Crippen LogP contribution in [0.3, 0.4) is 0 Å². The second-order valence-corrected chi connectivity index (χ2v) is 15.8. The largest absolute Gasteiger partial charge is 0.248 e. The Bertz CT molecular complexity index is 3310.